The van der Waals surface area contributed by atoms with Crippen LogP contribution in [0.4, 0.5) is 4.39 Å². The summed E-state index contributed by atoms with van der Waals surface area (Å²) >= 11 is 6.98. The monoisotopic (exact) mass is 564 g/mol. The second kappa shape index (κ2) is 10.2. The molecule has 0 amide bonds. The van der Waals surface area contributed by atoms with Gasteiger partial charge in [-0.05, 0) is 81.1 Å². The topological polar surface area (TPSA) is 94.6 Å². The van der Waals surface area contributed by atoms with Gasteiger partial charge in [0, 0.05) is 0 Å². The first-order valence-corrected chi connectivity index (χ1v) is 11.2. The number of hydrogen-bond donors (Lipinski definition) is 1. The second-order valence-corrected chi connectivity index (χ2v) is 8.56. The Morgan fingerprint density at radius 1 is 1.28 bits per heavy atom. The number of ether oxygens (including phenoxy) is 3. The van der Waals surface area contributed by atoms with Crippen molar-refractivity contribution in [2.75, 3.05) is 6.61 Å². The second-order valence-electron chi connectivity index (χ2n) is 6.85. The van der Waals surface area contributed by atoms with Crippen LogP contribution in [0.1, 0.15) is 30.9 Å². The van der Waals surface area contributed by atoms with Crippen LogP contribution in [-0.4, -0.2) is 12.6 Å². The van der Waals surface area contributed by atoms with Gasteiger partial charge in [-0.3, -0.25) is 0 Å². The molecule has 0 radical (unpaired) electrons. The quantitative estimate of drug-likeness (QED) is 0.460. The van der Waals surface area contributed by atoms with Crippen molar-refractivity contribution in [2.45, 2.75) is 26.4 Å². The van der Waals surface area contributed by atoms with E-state index in [9.17, 15) is 14.4 Å². The molecule has 1 heterocycles. The maximum absolute atomic E-state index is 13.4. The molecule has 0 fully saturated rings. The molecule has 32 heavy (non-hydrogen) atoms. The average molecular weight is 566 g/mol. The zero-order valence-corrected chi connectivity index (χ0v) is 20.4. The van der Waals surface area contributed by atoms with E-state index in [-0.39, 0.29) is 41.8 Å². The van der Waals surface area contributed by atoms with Gasteiger partial charge < -0.3 is 19.9 Å². The number of halogens is 3. The molecule has 0 saturated carbocycles. The van der Waals surface area contributed by atoms with Crippen LogP contribution in [0.3, 0.4) is 0 Å². The molecule has 6 nitrogen and oxygen atoms in total. The van der Waals surface area contributed by atoms with Gasteiger partial charge >= 0.3 is 5.97 Å². The van der Waals surface area contributed by atoms with Crippen molar-refractivity contribution >= 4 is 37.8 Å². The van der Waals surface area contributed by atoms with E-state index in [0.717, 1.165) is 0 Å². The van der Waals surface area contributed by atoms with Gasteiger partial charge in [0.25, 0.3) is 0 Å². The largest absolute Gasteiger partial charge is 0.487 e. The SMILES string of the molecule is CCOC(=O)C1=C(C)OC(N)=C(C#N)C1c1cc(Br)c(OCc2cccc(F)c2)c(Br)c1. The van der Waals surface area contributed by atoms with Gasteiger partial charge in [0.2, 0.25) is 5.88 Å². The maximum Gasteiger partial charge on any atom is 0.338 e. The number of benzene rings is 2. The Balaban J connectivity index is 2.00. The van der Waals surface area contributed by atoms with Crippen molar-refractivity contribution < 1.29 is 23.4 Å². The van der Waals surface area contributed by atoms with E-state index in [4.69, 9.17) is 19.9 Å². The maximum atomic E-state index is 13.4. The van der Waals surface area contributed by atoms with E-state index in [2.05, 4.69) is 31.9 Å². The molecule has 2 N–H and O–H groups in total. The molecule has 0 aromatic heterocycles. The molecule has 3 rings (SSSR count). The fraction of sp³-hybridized carbons (Fsp3) is 0.217. The number of rotatable bonds is 6. The van der Waals surface area contributed by atoms with Crippen LogP contribution in [-0.2, 0) is 20.9 Å². The van der Waals surface area contributed by atoms with Crippen LogP contribution in [0.5, 0.6) is 5.75 Å². The number of nitrogens with zero attached hydrogens (tertiary/aromatic N) is 1. The first-order chi connectivity index (χ1) is 15.3. The third kappa shape index (κ3) is 4.97. The van der Waals surface area contributed by atoms with Crippen LogP contribution in [0.25, 0.3) is 0 Å². The summed E-state index contributed by atoms with van der Waals surface area (Å²) in [5.74, 6) is -1.03. The van der Waals surface area contributed by atoms with Crippen LogP contribution >= 0.6 is 31.9 Å². The highest BCUT2D eigenvalue weighted by atomic mass is 79.9. The summed E-state index contributed by atoms with van der Waals surface area (Å²) in [4.78, 5) is 12.7. The van der Waals surface area contributed by atoms with E-state index in [1.807, 2.05) is 6.07 Å². The van der Waals surface area contributed by atoms with E-state index < -0.39 is 11.9 Å². The zero-order valence-electron chi connectivity index (χ0n) is 17.2. The smallest absolute Gasteiger partial charge is 0.338 e. The molecule has 0 spiro atoms. The van der Waals surface area contributed by atoms with Crippen LogP contribution in [0, 0.1) is 17.1 Å². The Labute approximate surface area is 201 Å². The average Bonchev–Trinajstić information content (AvgIpc) is 2.72. The van der Waals surface area contributed by atoms with E-state index in [1.54, 1.807) is 38.1 Å². The van der Waals surface area contributed by atoms with Crippen molar-refractivity contribution in [1.29, 1.82) is 5.26 Å². The predicted octanol–water partition coefficient (Wildman–Crippen LogP) is 5.57. The number of nitriles is 1. The van der Waals surface area contributed by atoms with E-state index >= 15 is 0 Å². The Kier molecular flexibility index (Phi) is 7.59. The number of carbonyl (C=O) groups is 1. The number of carbonyl (C=O) groups excluding carboxylic acids is 1. The molecular formula is C23H19Br2FN2O4. The predicted molar refractivity (Wildman–Crippen MR) is 123 cm³/mol. The molecule has 1 unspecified atom stereocenters. The molecule has 2 aromatic carbocycles. The van der Waals surface area contributed by atoms with Crippen molar-refractivity contribution in [3.63, 3.8) is 0 Å². The van der Waals surface area contributed by atoms with Crippen LogP contribution in [0.15, 0.2) is 68.1 Å². The molecule has 0 bridgehead atoms. The number of nitrogens with two attached hydrogens (primary N) is 1. The van der Waals surface area contributed by atoms with Crippen molar-refractivity contribution in [3.8, 4) is 11.8 Å². The normalized spacial score (nSPS) is 15.8. The van der Waals surface area contributed by atoms with Crippen molar-refractivity contribution in [2.24, 2.45) is 5.73 Å². The fourth-order valence-corrected chi connectivity index (χ4v) is 4.81. The molecule has 0 saturated heterocycles. The first-order valence-electron chi connectivity index (χ1n) is 9.58. The lowest BCUT2D eigenvalue weighted by atomic mass is 9.83. The Hall–Kier alpha value is -2.83. The minimum absolute atomic E-state index is 0.0678. The van der Waals surface area contributed by atoms with Gasteiger partial charge in [0.15, 0.2) is 0 Å². The number of esters is 1. The first kappa shape index (κ1) is 23.8. The van der Waals surface area contributed by atoms with Crippen LogP contribution in [0.2, 0.25) is 0 Å². The molecule has 2 aromatic rings. The van der Waals surface area contributed by atoms with Crippen LogP contribution < -0.4 is 10.5 Å². The summed E-state index contributed by atoms with van der Waals surface area (Å²) in [6.45, 7) is 3.61. The number of allylic oxidation sites excluding steroid dienone is 2. The summed E-state index contributed by atoms with van der Waals surface area (Å²) in [7, 11) is 0. The highest BCUT2D eigenvalue weighted by Gasteiger charge is 2.37. The standard InChI is InChI=1S/C23H19Br2FN2O4/c1-3-30-23(29)19-12(2)32-22(28)16(10-27)20(19)14-8-17(24)21(18(25)9-14)31-11-13-5-4-6-15(26)7-13/h4-9,20H,3,11,28H2,1-2H3. The van der Waals surface area contributed by atoms with Gasteiger partial charge in [-0.15, -0.1) is 0 Å². The van der Waals surface area contributed by atoms with Gasteiger partial charge in [-0.25, -0.2) is 9.18 Å². The number of hydrogen-bond acceptors (Lipinski definition) is 6. The highest BCUT2D eigenvalue weighted by molar-refractivity contribution is 9.11. The lowest BCUT2D eigenvalue weighted by molar-refractivity contribution is -0.139. The minimum atomic E-state index is -0.780. The van der Waals surface area contributed by atoms with E-state index in [1.165, 1.54) is 12.1 Å². The lowest BCUT2D eigenvalue weighted by Gasteiger charge is -2.27. The Morgan fingerprint density at radius 2 is 1.97 bits per heavy atom. The van der Waals surface area contributed by atoms with Gasteiger partial charge in [0.1, 0.15) is 35.6 Å². The molecular weight excluding hydrogens is 547 g/mol. The van der Waals surface area contributed by atoms with Crippen molar-refractivity contribution in [1.82, 2.24) is 0 Å². The summed E-state index contributed by atoms with van der Waals surface area (Å²) < 4.78 is 31.1. The lowest BCUT2D eigenvalue weighted by Crippen LogP contribution is -2.25. The van der Waals surface area contributed by atoms with Gasteiger partial charge in [-0.1, -0.05) is 12.1 Å². The fourth-order valence-electron chi connectivity index (χ4n) is 3.35. The zero-order chi connectivity index (χ0) is 23.4. The molecule has 1 aliphatic heterocycles. The highest BCUT2D eigenvalue weighted by Crippen LogP contribution is 2.44. The Bertz CT molecular complexity index is 1150. The molecule has 0 aliphatic carbocycles. The minimum Gasteiger partial charge on any atom is -0.487 e. The van der Waals surface area contributed by atoms with E-state index in [0.29, 0.717) is 25.8 Å². The summed E-state index contributed by atoms with van der Waals surface area (Å²) in [6, 6.07) is 11.6. The summed E-state index contributed by atoms with van der Waals surface area (Å²) in [5.41, 5.74) is 7.52. The molecule has 166 valence electrons. The van der Waals surface area contributed by atoms with Crippen molar-refractivity contribution in [3.05, 3.63) is 85.1 Å². The molecule has 9 heteroatoms. The molecule has 1 aliphatic rings. The third-order valence-corrected chi connectivity index (χ3v) is 5.91. The molecule has 1 atom stereocenters. The third-order valence-electron chi connectivity index (χ3n) is 4.73. The Morgan fingerprint density at radius 3 is 2.56 bits per heavy atom. The summed E-state index contributed by atoms with van der Waals surface area (Å²) in [6.07, 6.45) is 0. The van der Waals surface area contributed by atoms with Gasteiger partial charge in [-0.2, -0.15) is 5.26 Å². The van der Waals surface area contributed by atoms with Gasteiger partial charge in [0.05, 0.1) is 27.0 Å². The summed E-state index contributed by atoms with van der Waals surface area (Å²) in [5, 5.41) is 9.71.